The zero-order valence-corrected chi connectivity index (χ0v) is 8.95. The summed E-state index contributed by atoms with van der Waals surface area (Å²) in [6.07, 6.45) is 1.75. The van der Waals surface area contributed by atoms with Crippen LogP contribution in [0.5, 0.6) is 0 Å². The number of aromatic nitrogens is 2. The van der Waals surface area contributed by atoms with Gasteiger partial charge in [0.05, 0.1) is 5.02 Å². The summed E-state index contributed by atoms with van der Waals surface area (Å²) in [5.74, 6) is 0.290. The van der Waals surface area contributed by atoms with Gasteiger partial charge < -0.3 is 15.2 Å². The van der Waals surface area contributed by atoms with E-state index in [1.807, 2.05) is 18.2 Å². The van der Waals surface area contributed by atoms with E-state index in [0.717, 1.165) is 16.5 Å². The SMILES string of the molecule is Nc1cc(-c2cccc3[nH]cc(Cl)c23)no1. The Labute approximate surface area is 96.0 Å². The lowest BCUT2D eigenvalue weighted by molar-refractivity contribution is 0.439. The normalized spacial score (nSPS) is 11.1. The number of hydrogen-bond acceptors (Lipinski definition) is 3. The van der Waals surface area contributed by atoms with Gasteiger partial charge in [-0.3, -0.25) is 0 Å². The lowest BCUT2D eigenvalue weighted by atomic mass is 10.1. The zero-order valence-electron chi connectivity index (χ0n) is 8.20. The zero-order chi connectivity index (χ0) is 11.1. The fourth-order valence-corrected chi connectivity index (χ4v) is 2.03. The fourth-order valence-electron chi connectivity index (χ4n) is 1.77. The Balaban J connectivity index is 2.34. The minimum atomic E-state index is 0.290. The van der Waals surface area contributed by atoms with Gasteiger partial charge in [0, 0.05) is 28.7 Å². The number of halogens is 1. The summed E-state index contributed by atoms with van der Waals surface area (Å²) < 4.78 is 4.86. The number of nitrogens with two attached hydrogens (primary N) is 1. The van der Waals surface area contributed by atoms with E-state index in [4.69, 9.17) is 21.9 Å². The topological polar surface area (TPSA) is 67.8 Å². The molecule has 0 aliphatic carbocycles. The standard InChI is InChI=1S/C11H8ClN3O/c12-7-5-14-8-3-1-2-6(11(7)8)9-4-10(13)16-15-9/h1-5,14H,13H2. The Bertz CT molecular complexity index is 656. The highest BCUT2D eigenvalue weighted by molar-refractivity contribution is 6.36. The minimum Gasteiger partial charge on any atom is -0.368 e. The van der Waals surface area contributed by atoms with Crippen LogP contribution in [0.1, 0.15) is 0 Å². The van der Waals surface area contributed by atoms with E-state index in [1.165, 1.54) is 0 Å². The molecule has 2 heterocycles. The summed E-state index contributed by atoms with van der Waals surface area (Å²) in [4.78, 5) is 3.08. The smallest absolute Gasteiger partial charge is 0.222 e. The van der Waals surface area contributed by atoms with E-state index in [-0.39, 0.29) is 0 Å². The van der Waals surface area contributed by atoms with Crippen LogP contribution in [0.25, 0.3) is 22.2 Å². The maximum absolute atomic E-state index is 6.11. The maximum Gasteiger partial charge on any atom is 0.222 e. The Hall–Kier alpha value is -1.94. The molecule has 80 valence electrons. The predicted molar refractivity (Wildman–Crippen MR) is 63.2 cm³/mol. The molecule has 2 aromatic heterocycles. The van der Waals surface area contributed by atoms with Crippen molar-refractivity contribution < 1.29 is 4.52 Å². The Morgan fingerprint density at radius 2 is 2.25 bits per heavy atom. The van der Waals surface area contributed by atoms with Crippen molar-refractivity contribution in [2.24, 2.45) is 0 Å². The molecule has 1 aromatic carbocycles. The second kappa shape index (κ2) is 3.28. The van der Waals surface area contributed by atoms with Gasteiger partial charge in [-0.1, -0.05) is 28.9 Å². The fraction of sp³-hybridized carbons (Fsp3) is 0. The summed E-state index contributed by atoms with van der Waals surface area (Å²) >= 11 is 6.11. The van der Waals surface area contributed by atoms with Crippen LogP contribution in [0.3, 0.4) is 0 Å². The van der Waals surface area contributed by atoms with Gasteiger partial charge in [-0.2, -0.15) is 0 Å². The molecular weight excluding hydrogens is 226 g/mol. The highest BCUT2D eigenvalue weighted by Crippen LogP contribution is 2.33. The van der Waals surface area contributed by atoms with Gasteiger partial charge in [-0.25, -0.2) is 0 Å². The van der Waals surface area contributed by atoms with Crippen molar-refractivity contribution >= 4 is 28.4 Å². The average Bonchev–Trinajstić information content (AvgIpc) is 2.86. The molecule has 0 aliphatic rings. The number of hydrogen-bond donors (Lipinski definition) is 2. The Morgan fingerprint density at radius 3 is 3.00 bits per heavy atom. The third-order valence-corrected chi connectivity index (χ3v) is 2.76. The van der Waals surface area contributed by atoms with Gasteiger partial charge in [0.25, 0.3) is 0 Å². The van der Waals surface area contributed by atoms with Crippen molar-refractivity contribution in [3.8, 4) is 11.3 Å². The summed E-state index contributed by atoms with van der Waals surface area (Å²) in [6.45, 7) is 0. The monoisotopic (exact) mass is 233 g/mol. The summed E-state index contributed by atoms with van der Waals surface area (Å²) in [5, 5.41) is 5.47. The largest absolute Gasteiger partial charge is 0.368 e. The molecule has 0 atom stereocenters. The van der Waals surface area contributed by atoms with Gasteiger partial charge in [0.15, 0.2) is 0 Å². The summed E-state index contributed by atoms with van der Waals surface area (Å²) in [6, 6.07) is 7.49. The van der Waals surface area contributed by atoms with Crippen LogP contribution in [0.15, 0.2) is 35.0 Å². The molecule has 3 aromatic rings. The minimum absolute atomic E-state index is 0.290. The van der Waals surface area contributed by atoms with Crippen LogP contribution in [-0.4, -0.2) is 10.1 Å². The Kier molecular flexibility index (Phi) is 1.91. The van der Waals surface area contributed by atoms with E-state index in [0.29, 0.717) is 16.6 Å². The van der Waals surface area contributed by atoms with Gasteiger partial charge in [-0.15, -0.1) is 0 Å². The first-order valence-corrected chi connectivity index (χ1v) is 5.11. The molecule has 0 bridgehead atoms. The molecule has 0 radical (unpaired) electrons. The lowest BCUT2D eigenvalue weighted by Gasteiger charge is -1.98. The van der Waals surface area contributed by atoms with E-state index in [2.05, 4.69) is 10.1 Å². The summed E-state index contributed by atoms with van der Waals surface area (Å²) in [5.41, 5.74) is 8.06. The van der Waals surface area contributed by atoms with Crippen LogP contribution in [0.2, 0.25) is 5.02 Å². The van der Waals surface area contributed by atoms with Crippen molar-refractivity contribution in [3.63, 3.8) is 0 Å². The first-order chi connectivity index (χ1) is 7.75. The second-order valence-corrected chi connectivity index (χ2v) is 3.89. The molecule has 0 aliphatic heterocycles. The number of nitrogens with one attached hydrogen (secondary N) is 1. The van der Waals surface area contributed by atoms with Crippen LogP contribution in [-0.2, 0) is 0 Å². The molecule has 5 heteroatoms. The van der Waals surface area contributed by atoms with E-state index < -0.39 is 0 Å². The number of aromatic amines is 1. The van der Waals surface area contributed by atoms with Crippen LogP contribution in [0, 0.1) is 0 Å². The Morgan fingerprint density at radius 1 is 1.38 bits per heavy atom. The first kappa shape index (κ1) is 9.30. The number of nitrogen functional groups attached to an aromatic ring is 1. The third kappa shape index (κ3) is 1.27. The molecule has 0 saturated carbocycles. The van der Waals surface area contributed by atoms with Crippen molar-refractivity contribution in [2.75, 3.05) is 5.73 Å². The van der Waals surface area contributed by atoms with Crippen molar-refractivity contribution in [1.29, 1.82) is 0 Å². The van der Waals surface area contributed by atoms with Crippen LogP contribution < -0.4 is 5.73 Å². The highest BCUT2D eigenvalue weighted by atomic mass is 35.5. The molecule has 3 rings (SSSR count). The number of H-pyrrole nitrogens is 1. The molecule has 0 unspecified atom stereocenters. The van der Waals surface area contributed by atoms with Gasteiger partial charge in [0.2, 0.25) is 5.88 Å². The molecule has 0 amide bonds. The molecule has 3 N–H and O–H groups in total. The van der Waals surface area contributed by atoms with Crippen molar-refractivity contribution in [3.05, 3.63) is 35.5 Å². The van der Waals surface area contributed by atoms with E-state index in [1.54, 1.807) is 12.3 Å². The van der Waals surface area contributed by atoms with E-state index >= 15 is 0 Å². The molecular formula is C11H8ClN3O. The van der Waals surface area contributed by atoms with Gasteiger partial charge in [-0.05, 0) is 6.07 Å². The highest BCUT2D eigenvalue weighted by Gasteiger charge is 2.11. The molecule has 0 spiro atoms. The second-order valence-electron chi connectivity index (χ2n) is 3.48. The van der Waals surface area contributed by atoms with Crippen molar-refractivity contribution in [1.82, 2.24) is 10.1 Å². The van der Waals surface area contributed by atoms with Crippen molar-refractivity contribution in [2.45, 2.75) is 0 Å². The predicted octanol–water partition coefficient (Wildman–Crippen LogP) is 3.06. The van der Waals surface area contributed by atoms with Crippen LogP contribution in [0.4, 0.5) is 5.88 Å². The molecule has 4 nitrogen and oxygen atoms in total. The molecule has 0 fully saturated rings. The molecule has 0 saturated heterocycles. The number of nitrogens with zero attached hydrogens (tertiary/aromatic N) is 1. The summed E-state index contributed by atoms with van der Waals surface area (Å²) in [7, 11) is 0. The quantitative estimate of drug-likeness (QED) is 0.679. The lowest BCUT2D eigenvalue weighted by Crippen LogP contribution is -1.79. The number of fused-ring (bicyclic) bond motifs is 1. The number of anilines is 1. The third-order valence-electron chi connectivity index (χ3n) is 2.46. The number of benzene rings is 1. The first-order valence-electron chi connectivity index (χ1n) is 4.74. The van der Waals surface area contributed by atoms with Gasteiger partial charge in [0.1, 0.15) is 5.69 Å². The maximum atomic E-state index is 6.11. The molecule has 16 heavy (non-hydrogen) atoms. The van der Waals surface area contributed by atoms with E-state index in [9.17, 15) is 0 Å². The van der Waals surface area contributed by atoms with Crippen LogP contribution >= 0.6 is 11.6 Å². The number of rotatable bonds is 1. The average molecular weight is 234 g/mol. The van der Waals surface area contributed by atoms with Gasteiger partial charge >= 0.3 is 0 Å².